The molecule has 0 unspecified atom stereocenters. The highest BCUT2D eigenvalue weighted by atomic mass is 32.2. The molecule has 1 heterocycles. The molecule has 1 rings (SSSR count). The monoisotopic (exact) mass is 331 g/mol. The Morgan fingerprint density at radius 3 is 2.45 bits per heavy atom. The predicted octanol–water partition coefficient (Wildman–Crippen LogP) is 0.162. The predicted molar refractivity (Wildman–Crippen MR) is 80.0 cm³/mol. The molecule has 0 aliphatic rings. The highest BCUT2D eigenvalue weighted by molar-refractivity contribution is 7.89. The van der Waals surface area contributed by atoms with Crippen molar-refractivity contribution in [1.82, 2.24) is 14.6 Å². The van der Waals surface area contributed by atoms with Crippen molar-refractivity contribution in [3.63, 3.8) is 0 Å². The number of carboxylic acid groups (broad SMARTS) is 1. The van der Waals surface area contributed by atoms with E-state index >= 15 is 0 Å². The van der Waals surface area contributed by atoms with E-state index in [-0.39, 0.29) is 16.5 Å². The minimum atomic E-state index is -4.03. The second kappa shape index (κ2) is 6.93. The summed E-state index contributed by atoms with van der Waals surface area (Å²) in [6.45, 7) is 3.43. The van der Waals surface area contributed by atoms with Crippen LogP contribution in [0.1, 0.15) is 30.8 Å². The largest absolute Gasteiger partial charge is 0.480 e. The topological polar surface area (TPSA) is 117 Å². The Hall–Kier alpha value is -1.87. The third kappa shape index (κ3) is 3.86. The minimum absolute atomic E-state index is 0.150. The van der Waals surface area contributed by atoms with Crippen LogP contribution in [-0.4, -0.2) is 43.1 Å². The first-order chi connectivity index (χ1) is 10.1. The maximum Gasteiger partial charge on any atom is 0.322 e. The van der Waals surface area contributed by atoms with E-state index in [0.717, 1.165) is 0 Å². The molecule has 0 aliphatic carbocycles. The Morgan fingerprint density at radius 1 is 1.41 bits per heavy atom. The van der Waals surface area contributed by atoms with Crippen molar-refractivity contribution in [2.75, 3.05) is 7.05 Å². The SMILES string of the molecule is CC[C@H](C)[C@H](NS(=O)(=O)c1cc(C(=O)NC)n(C)c1)C(=O)O. The van der Waals surface area contributed by atoms with Crippen LogP contribution in [0.15, 0.2) is 17.2 Å². The highest BCUT2D eigenvalue weighted by Gasteiger charge is 2.30. The molecule has 22 heavy (non-hydrogen) atoms. The smallest absolute Gasteiger partial charge is 0.322 e. The molecule has 0 radical (unpaired) electrons. The van der Waals surface area contributed by atoms with Crippen LogP contribution in [0.5, 0.6) is 0 Å². The van der Waals surface area contributed by atoms with E-state index in [4.69, 9.17) is 0 Å². The number of carbonyl (C=O) groups excluding carboxylic acids is 1. The first-order valence-corrected chi connectivity index (χ1v) is 8.26. The van der Waals surface area contributed by atoms with Crippen molar-refractivity contribution in [3.05, 3.63) is 18.0 Å². The lowest BCUT2D eigenvalue weighted by atomic mass is 10.0. The number of nitrogens with zero attached hydrogens (tertiary/aromatic N) is 1. The molecule has 1 aromatic rings. The molecule has 0 spiro atoms. The van der Waals surface area contributed by atoms with Gasteiger partial charge in [-0.1, -0.05) is 20.3 Å². The lowest BCUT2D eigenvalue weighted by Crippen LogP contribution is -2.44. The lowest BCUT2D eigenvalue weighted by Gasteiger charge is -2.19. The van der Waals surface area contributed by atoms with Gasteiger partial charge < -0.3 is 15.0 Å². The zero-order valence-corrected chi connectivity index (χ0v) is 13.8. The number of aryl methyl sites for hydroxylation is 1. The summed E-state index contributed by atoms with van der Waals surface area (Å²) in [5.41, 5.74) is 0.165. The highest BCUT2D eigenvalue weighted by Crippen LogP contribution is 2.16. The molecule has 1 amide bonds. The summed E-state index contributed by atoms with van der Waals surface area (Å²) >= 11 is 0. The Kier molecular flexibility index (Phi) is 5.72. The molecule has 0 aromatic carbocycles. The maximum atomic E-state index is 12.3. The number of amides is 1. The van der Waals surface area contributed by atoms with Crippen molar-refractivity contribution < 1.29 is 23.1 Å². The van der Waals surface area contributed by atoms with Crippen molar-refractivity contribution in [1.29, 1.82) is 0 Å². The van der Waals surface area contributed by atoms with Gasteiger partial charge in [-0.2, -0.15) is 4.72 Å². The van der Waals surface area contributed by atoms with Crippen LogP contribution in [-0.2, 0) is 21.9 Å². The number of aliphatic carboxylic acids is 1. The summed E-state index contributed by atoms with van der Waals surface area (Å²) in [6, 6.07) is -0.0184. The van der Waals surface area contributed by atoms with Crippen LogP contribution in [0.4, 0.5) is 0 Å². The summed E-state index contributed by atoms with van der Waals surface area (Å²) in [6.07, 6.45) is 1.78. The van der Waals surface area contributed by atoms with Gasteiger partial charge in [0.05, 0.1) is 0 Å². The van der Waals surface area contributed by atoms with Crippen molar-refractivity contribution in [2.24, 2.45) is 13.0 Å². The quantitative estimate of drug-likeness (QED) is 0.658. The Morgan fingerprint density at radius 2 is 2.00 bits per heavy atom. The molecule has 0 fully saturated rings. The molecule has 0 aliphatic heterocycles. The van der Waals surface area contributed by atoms with E-state index in [1.807, 2.05) is 0 Å². The van der Waals surface area contributed by atoms with Gasteiger partial charge in [-0.15, -0.1) is 0 Å². The van der Waals surface area contributed by atoms with Crippen LogP contribution >= 0.6 is 0 Å². The van der Waals surface area contributed by atoms with Gasteiger partial charge in [-0.3, -0.25) is 9.59 Å². The van der Waals surface area contributed by atoms with Crippen LogP contribution in [0, 0.1) is 5.92 Å². The van der Waals surface area contributed by atoms with E-state index in [9.17, 15) is 23.1 Å². The molecule has 0 saturated heterocycles. The molecule has 0 saturated carbocycles. The van der Waals surface area contributed by atoms with E-state index in [0.29, 0.717) is 6.42 Å². The van der Waals surface area contributed by atoms with Crippen LogP contribution in [0.3, 0.4) is 0 Å². The number of hydrogen-bond acceptors (Lipinski definition) is 4. The number of carbonyl (C=O) groups is 2. The average Bonchev–Trinajstić information content (AvgIpc) is 2.85. The number of sulfonamides is 1. The standard InChI is InChI=1S/C13H21N3O5S/c1-5-8(2)11(13(18)19)15-22(20,21)9-6-10(12(17)14-3)16(4)7-9/h6-8,11,15H,5H2,1-4H3,(H,14,17)(H,18,19)/t8-,11-/m0/s1. The first-order valence-electron chi connectivity index (χ1n) is 6.77. The maximum absolute atomic E-state index is 12.3. The molecule has 8 nitrogen and oxygen atoms in total. The van der Waals surface area contributed by atoms with Crippen LogP contribution < -0.4 is 10.0 Å². The fourth-order valence-corrected chi connectivity index (χ4v) is 3.28. The van der Waals surface area contributed by atoms with Gasteiger partial charge in [0.1, 0.15) is 16.6 Å². The van der Waals surface area contributed by atoms with Crippen LogP contribution in [0.2, 0.25) is 0 Å². The second-order valence-electron chi connectivity index (χ2n) is 5.07. The first kappa shape index (κ1) is 18.2. The third-order valence-corrected chi connectivity index (χ3v) is 4.92. The zero-order valence-electron chi connectivity index (χ0n) is 13.0. The van der Waals surface area contributed by atoms with Crippen molar-refractivity contribution >= 4 is 21.9 Å². The number of carboxylic acids is 1. The third-order valence-electron chi connectivity index (χ3n) is 3.51. The summed E-state index contributed by atoms with van der Waals surface area (Å²) in [5.74, 6) is -2.03. The summed E-state index contributed by atoms with van der Waals surface area (Å²) in [4.78, 5) is 22.7. The molecule has 9 heteroatoms. The van der Waals surface area contributed by atoms with E-state index in [1.54, 1.807) is 13.8 Å². The fraction of sp³-hybridized carbons (Fsp3) is 0.538. The van der Waals surface area contributed by atoms with Crippen LogP contribution in [0.25, 0.3) is 0 Å². The molecular formula is C13H21N3O5S. The Balaban J connectivity index is 3.14. The lowest BCUT2D eigenvalue weighted by molar-refractivity contribution is -0.140. The summed E-state index contributed by atoms with van der Waals surface area (Å²) in [5, 5.41) is 11.6. The Labute approximate surface area is 129 Å². The van der Waals surface area contributed by atoms with Gasteiger partial charge in [0.15, 0.2) is 0 Å². The van der Waals surface area contributed by atoms with Gasteiger partial charge >= 0.3 is 5.97 Å². The number of hydrogen-bond donors (Lipinski definition) is 3. The number of nitrogens with one attached hydrogen (secondary N) is 2. The van der Waals surface area contributed by atoms with Crippen molar-refractivity contribution in [2.45, 2.75) is 31.2 Å². The van der Waals surface area contributed by atoms with Gasteiger partial charge in [-0.25, -0.2) is 8.42 Å². The van der Waals surface area contributed by atoms with Gasteiger partial charge in [0, 0.05) is 20.3 Å². The zero-order chi connectivity index (χ0) is 17.1. The number of aromatic nitrogens is 1. The average molecular weight is 331 g/mol. The van der Waals surface area contributed by atoms with Gasteiger partial charge in [-0.05, 0) is 12.0 Å². The summed E-state index contributed by atoms with van der Waals surface area (Å²) in [7, 11) is -1.06. The normalized spacial score (nSPS) is 14.4. The molecule has 0 bridgehead atoms. The van der Waals surface area contributed by atoms with Crippen molar-refractivity contribution in [3.8, 4) is 0 Å². The molecule has 1 aromatic heterocycles. The van der Waals surface area contributed by atoms with Gasteiger partial charge in [0.25, 0.3) is 5.91 Å². The van der Waals surface area contributed by atoms with E-state index in [1.165, 1.54) is 30.9 Å². The van der Waals surface area contributed by atoms with E-state index in [2.05, 4.69) is 10.0 Å². The molecule has 124 valence electrons. The molecular weight excluding hydrogens is 310 g/mol. The fourth-order valence-electron chi connectivity index (χ4n) is 1.92. The minimum Gasteiger partial charge on any atom is -0.480 e. The van der Waals surface area contributed by atoms with E-state index < -0.39 is 27.9 Å². The number of rotatable bonds is 7. The summed E-state index contributed by atoms with van der Waals surface area (Å²) < 4.78 is 28.2. The molecule has 3 N–H and O–H groups in total. The Bertz CT molecular complexity index is 665. The second-order valence-corrected chi connectivity index (χ2v) is 6.79. The molecule has 2 atom stereocenters. The van der Waals surface area contributed by atoms with Gasteiger partial charge in [0.2, 0.25) is 10.0 Å².